The number of anilines is 1. The van der Waals surface area contributed by atoms with Crippen LogP contribution in [0.4, 0.5) is 10.5 Å². The highest BCUT2D eigenvalue weighted by Gasteiger charge is 2.32. The monoisotopic (exact) mass is 509 g/mol. The number of methoxy groups -OCH3 is 1. The van der Waals surface area contributed by atoms with Gasteiger partial charge in [0, 0.05) is 25.5 Å². The average Bonchev–Trinajstić information content (AvgIpc) is 2.87. The maximum Gasteiger partial charge on any atom is 0.338 e. The van der Waals surface area contributed by atoms with Gasteiger partial charge in [-0.15, -0.1) is 0 Å². The highest BCUT2D eigenvalue weighted by Crippen LogP contribution is 2.34. The van der Waals surface area contributed by atoms with E-state index in [0.717, 1.165) is 11.3 Å². The molecule has 11 heteroatoms. The van der Waals surface area contributed by atoms with Gasteiger partial charge < -0.3 is 29.7 Å². The van der Waals surface area contributed by atoms with Crippen molar-refractivity contribution in [2.75, 3.05) is 39.3 Å². The Kier molecular flexibility index (Phi) is 9.09. The lowest BCUT2D eigenvalue weighted by Crippen LogP contribution is -2.45. The zero-order valence-corrected chi connectivity index (χ0v) is 21.5. The molecule has 2 aromatic carbocycles. The number of hydrogen-bond donors (Lipinski definition) is 3. The number of rotatable bonds is 10. The Morgan fingerprint density at radius 2 is 1.86 bits per heavy atom. The van der Waals surface area contributed by atoms with E-state index in [4.69, 9.17) is 14.2 Å². The largest absolute Gasteiger partial charge is 0.493 e. The van der Waals surface area contributed by atoms with Crippen LogP contribution in [0.5, 0.6) is 11.5 Å². The molecule has 11 nitrogen and oxygen atoms in total. The van der Waals surface area contributed by atoms with E-state index >= 15 is 0 Å². The summed E-state index contributed by atoms with van der Waals surface area (Å²) in [5.41, 5.74) is 5.57. The van der Waals surface area contributed by atoms with Gasteiger partial charge in [0.1, 0.15) is 0 Å². The molecule has 1 heterocycles. The molecule has 1 atom stereocenters. The van der Waals surface area contributed by atoms with Crippen LogP contribution in [0.2, 0.25) is 0 Å². The van der Waals surface area contributed by atoms with E-state index in [1.54, 1.807) is 32.0 Å². The Labute approximate surface area is 215 Å². The normalized spacial score (nSPS) is 15.1. The number of hydrogen-bond acceptors (Lipinski definition) is 8. The molecule has 0 spiro atoms. The first-order valence-electron chi connectivity index (χ1n) is 11.6. The maximum absolute atomic E-state index is 12.5. The number of urea groups is 1. The zero-order chi connectivity index (χ0) is 26.9. The van der Waals surface area contributed by atoms with Gasteiger partial charge in [0.25, 0.3) is 5.91 Å². The lowest BCUT2D eigenvalue weighted by Gasteiger charge is -2.28. The molecule has 0 fully saturated rings. The second-order valence-electron chi connectivity index (χ2n) is 8.27. The summed E-state index contributed by atoms with van der Waals surface area (Å²) >= 11 is 0. The SMILES string of the molecule is CCOC(=O)C1=C(C)NC(=O)NC1c1ccc(OCC(=O)N/N=C/c2ccc(N(C)C)cc2)c(OC)c1. The number of carbonyl (C=O) groups is 3. The summed E-state index contributed by atoms with van der Waals surface area (Å²) in [7, 11) is 5.36. The summed E-state index contributed by atoms with van der Waals surface area (Å²) in [6, 6.07) is 11.4. The van der Waals surface area contributed by atoms with Crippen LogP contribution in [0.25, 0.3) is 0 Å². The third-order valence-corrected chi connectivity index (χ3v) is 5.46. The number of allylic oxidation sites excluding steroid dienone is 1. The van der Waals surface area contributed by atoms with Crippen molar-refractivity contribution in [2.24, 2.45) is 5.10 Å². The fraction of sp³-hybridized carbons (Fsp3) is 0.308. The first kappa shape index (κ1) is 27.1. The minimum absolute atomic E-state index is 0.196. The average molecular weight is 510 g/mol. The molecule has 3 rings (SSSR count). The summed E-state index contributed by atoms with van der Waals surface area (Å²) in [6.07, 6.45) is 1.54. The molecule has 0 saturated heterocycles. The first-order valence-corrected chi connectivity index (χ1v) is 11.6. The zero-order valence-electron chi connectivity index (χ0n) is 21.5. The third-order valence-electron chi connectivity index (χ3n) is 5.46. The van der Waals surface area contributed by atoms with E-state index in [-0.39, 0.29) is 18.8 Å². The standard InChI is InChI=1S/C26H31N5O6/c1-6-36-25(33)23-16(2)28-26(34)29-24(23)18-9-12-20(21(13-18)35-5)37-15-22(32)30-27-14-17-7-10-19(11-8-17)31(3)4/h7-14,24H,6,15H2,1-5H3,(H,30,32)(H2,28,29,34)/b27-14+. The Balaban J connectivity index is 1.66. The molecule has 3 N–H and O–H groups in total. The molecular weight excluding hydrogens is 478 g/mol. The molecule has 2 aromatic rings. The van der Waals surface area contributed by atoms with Gasteiger partial charge in [-0.2, -0.15) is 5.10 Å². The Hall–Kier alpha value is -4.54. The van der Waals surface area contributed by atoms with Crippen molar-refractivity contribution in [3.05, 3.63) is 64.9 Å². The van der Waals surface area contributed by atoms with Crippen molar-refractivity contribution in [1.29, 1.82) is 0 Å². The maximum atomic E-state index is 12.5. The fourth-order valence-electron chi connectivity index (χ4n) is 3.62. The van der Waals surface area contributed by atoms with E-state index < -0.39 is 23.9 Å². The molecule has 1 aliphatic heterocycles. The number of nitrogens with one attached hydrogen (secondary N) is 3. The molecule has 1 aliphatic rings. The summed E-state index contributed by atoms with van der Waals surface area (Å²) in [5, 5.41) is 9.28. The van der Waals surface area contributed by atoms with E-state index in [0.29, 0.717) is 22.8 Å². The van der Waals surface area contributed by atoms with Crippen molar-refractivity contribution in [3.63, 3.8) is 0 Å². The number of amides is 3. The Morgan fingerprint density at radius 1 is 1.14 bits per heavy atom. The van der Waals surface area contributed by atoms with E-state index in [1.807, 2.05) is 43.3 Å². The molecular formula is C26H31N5O6. The van der Waals surface area contributed by atoms with Crippen LogP contribution in [0.15, 0.2) is 58.8 Å². The van der Waals surface area contributed by atoms with E-state index in [2.05, 4.69) is 21.2 Å². The molecule has 0 aromatic heterocycles. The topological polar surface area (TPSA) is 131 Å². The minimum atomic E-state index is -0.750. The van der Waals surface area contributed by atoms with Gasteiger partial charge in [-0.05, 0) is 49.2 Å². The summed E-state index contributed by atoms with van der Waals surface area (Å²) in [6.45, 7) is 3.23. The second kappa shape index (κ2) is 12.4. The molecule has 196 valence electrons. The van der Waals surface area contributed by atoms with Crippen LogP contribution in [0, 0.1) is 0 Å². The molecule has 1 unspecified atom stereocenters. The number of carbonyl (C=O) groups excluding carboxylic acids is 3. The molecule has 37 heavy (non-hydrogen) atoms. The van der Waals surface area contributed by atoms with Gasteiger partial charge in [0.15, 0.2) is 18.1 Å². The quantitative estimate of drug-likeness (QED) is 0.255. The number of nitrogens with zero attached hydrogens (tertiary/aromatic N) is 2. The van der Waals surface area contributed by atoms with Crippen molar-refractivity contribution in [3.8, 4) is 11.5 Å². The molecule has 0 saturated carbocycles. The smallest absolute Gasteiger partial charge is 0.338 e. The van der Waals surface area contributed by atoms with Crippen LogP contribution >= 0.6 is 0 Å². The lowest BCUT2D eigenvalue weighted by atomic mass is 9.95. The molecule has 0 radical (unpaired) electrons. The van der Waals surface area contributed by atoms with Crippen molar-refractivity contribution >= 4 is 29.8 Å². The summed E-state index contributed by atoms with van der Waals surface area (Å²) in [5.74, 6) is -0.365. The lowest BCUT2D eigenvalue weighted by molar-refractivity contribution is -0.139. The minimum Gasteiger partial charge on any atom is -0.493 e. The van der Waals surface area contributed by atoms with Gasteiger partial charge >= 0.3 is 12.0 Å². The highest BCUT2D eigenvalue weighted by atomic mass is 16.5. The molecule has 0 aliphatic carbocycles. The van der Waals surface area contributed by atoms with E-state index in [1.165, 1.54) is 13.3 Å². The van der Waals surface area contributed by atoms with Crippen molar-refractivity contribution in [1.82, 2.24) is 16.1 Å². The Morgan fingerprint density at radius 3 is 2.51 bits per heavy atom. The van der Waals surface area contributed by atoms with Crippen LogP contribution in [-0.4, -0.2) is 58.5 Å². The van der Waals surface area contributed by atoms with Gasteiger partial charge in [-0.25, -0.2) is 15.0 Å². The molecule has 3 amide bonds. The van der Waals surface area contributed by atoms with Crippen LogP contribution in [0.1, 0.15) is 31.0 Å². The van der Waals surface area contributed by atoms with Gasteiger partial charge in [0.05, 0.1) is 31.5 Å². The van der Waals surface area contributed by atoms with Gasteiger partial charge in [0.2, 0.25) is 0 Å². The van der Waals surface area contributed by atoms with Crippen molar-refractivity contribution < 1.29 is 28.6 Å². The second-order valence-corrected chi connectivity index (χ2v) is 8.27. The van der Waals surface area contributed by atoms with Crippen LogP contribution < -0.4 is 30.4 Å². The predicted molar refractivity (Wildman–Crippen MR) is 139 cm³/mol. The fourth-order valence-corrected chi connectivity index (χ4v) is 3.62. The predicted octanol–water partition coefficient (Wildman–Crippen LogP) is 2.48. The van der Waals surface area contributed by atoms with Crippen molar-refractivity contribution in [2.45, 2.75) is 19.9 Å². The number of benzene rings is 2. The number of ether oxygens (including phenoxy) is 3. The number of esters is 1. The van der Waals surface area contributed by atoms with Crippen LogP contribution in [0.3, 0.4) is 0 Å². The first-order chi connectivity index (χ1) is 17.7. The van der Waals surface area contributed by atoms with Crippen LogP contribution in [-0.2, 0) is 14.3 Å². The molecule has 0 bridgehead atoms. The number of hydrazone groups is 1. The van der Waals surface area contributed by atoms with E-state index in [9.17, 15) is 14.4 Å². The Bertz CT molecular complexity index is 1210. The summed E-state index contributed by atoms with van der Waals surface area (Å²) < 4.78 is 16.2. The third kappa shape index (κ3) is 7.00. The van der Waals surface area contributed by atoms with Gasteiger partial charge in [-0.3, -0.25) is 4.79 Å². The highest BCUT2D eigenvalue weighted by molar-refractivity contribution is 5.95. The van der Waals surface area contributed by atoms with Gasteiger partial charge in [-0.1, -0.05) is 18.2 Å². The summed E-state index contributed by atoms with van der Waals surface area (Å²) in [4.78, 5) is 38.8.